The zero-order chi connectivity index (χ0) is 10.6. The number of nitrogens with zero attached hydrogens (tertiary/aromatic N) is 2. The highest BCUT2D eigenvalue weighted by molar-refractivity contribution is 5.03. The number of pyridine rings is 1. The number of hydrogen-bond acceptors (Lipinski definition) is 2. The van der Waals surface area contributed by atoms with E-state index >= 15 is 0 Å². The van der Waals surface area contributed by atoms with Gasteiger partial charge in [-0.15, -0.1) is 0 Å². The molecule has 0 saturated heterocycles. The lowest BCUT2D eigenvalue weighted by Gasteiger charge is -2.30. The molecule has 0 bridgehead atoms. The van der Waals surface area contributed by atoms with Crippen molar-refractivity contribution in [2.45, 2.75) is 46.3 Å². The van der Waals surface area contributed by atoms with E-state index in [0.29, 0.717) is 12.1 Å². The van der Waals surface area contributed by atoms with Gasteiger partial charge in [0.2, 0.25) is 0 Å². The lowest BCUT2D eigenvalue weighted by atomic mass is 10.2. The average molecular weight is 192 g/mol. The second-order valence-electron chi connectivity index (χ2n) is 4.18. The van der Waals surface area contributed by atoms with Crippen LogP contribution in [-0.4, -0.2) is 22.0 Å². The van der Waals surface area contributed by atoms with E-state index in [-0.39, 0.29) is 0 Å². The van der Waals surface area contributed by atoms with Crippen LogP contribution in [0.25, 0.3) is 0 Å². The molecule has 0 amide bonds. The fourth-order valence-corrected chi connectivity index (χ4v) is 1.64. The van der Waals surface area contributed by atoms with E-state index in [1.807, 2.05) is 18.3 Å². The number of aromatic nitrogens is 1. The first kappa shape index (κ1) is 11.2. The first-order valence-electron chi connectivity index (χ1n) is 5.27. The Morgan fingerprint density at radius 2 is 1.79 bits per heavy atom. The van der Waals surface area contributed by atoms with E-state index in [1.54, 1.807) is 0 Å². The maximum Gasteiger partial charge on any atom is 0.0544 e. The third-order valence-corrected chi connectivity index (χ3v) is 2.40. The molecule has 1 aromatic heterocycles. The van der Waals surface area contributed by atoms with Gasteiger partial charge in [-0.1, -0.05) is 6.07 Å². The van der Waals surface area contributed by atoms with Crippen molar-refractivity contribution < 1.29 is 0 Å². The summed E-state index contributed by atoms with van der Waals surface area (Å²) in [6.45, 7) is 9.84. The van der Waals surface area contributed by atoms with E-state index in [2.05, 4.69) is 43.6 Å². The Balaban J connectivity index is 2.65. The van der Waals surface area contributed by atoms with Gasteiger partial charge in [-0.05, 0) is 39.8 Å². The average Bonchev–Trinajstić information content (AvgIpc) is 2.15. The first-order valence-corrected chi connectivity index (χ1v) is 5.27. The van der Waals surface area contributed by atoms with Crippen LogP contribution in [0.15, 0.2) is 24.4 Å². The van der Waals surface area contributed by atoms with E-state index in [9.17, 15) is 0 Å². The van der Waals surface area contributed by atoms with Gasteiger partial charge in [0.1, 0.15) is 0 Å². The predicted molar refractivity (Wildman–Crippen MR) is 60.1 cm³/mol. The van der Waals surface area contributed by atoms with Crippen LogP contribution in [-0.2, 0) is 6.54 Å². The Hall–Kier alpha value is -0.890. The maximum atomic E-state index is 4.34. The molecule has 0 aliphatic carbocycles. The van der Waals surface area contributed by atoms with E-state index in [0.717, 1.165) is 12.2 Å². The third kappa shape index (κ3) is 3.11. The molecular formula is C12H20N2. The van der Waals surface area contributed by atoms with Crippen molar-refractivity contribution in [3.05, 3.63) is 30.1 Å². The van der Waals surface area contributed by atoms with Gasteiger partial charge in [0, 0.05) is 24.8 Å². The molecule has 1 heterocycles. The lowest BCUT2D eigenvalue weighted by molar-refractivity contribution is 0.164. The zero-order valence-corrected chi connectivity index (χ0v) is 9.57. The normalized spacial score (nSPS) is 11.6. The Labute approximate surface area is 87.0 Å². The smallest absolute Gasteiger partial charge is 0.0544 e. The van der Waals surface area contributed by atoms with Crippen LogP contribution >= 0.6 is 0 Å². The van der Waals surface area contributed by atoms with Crippen molar-refractivity contribution in [1.82, 2.24) is 9.88 Å². The highest BCUT2D eigenvalue weighted by atomic mass is 15.2. The van der Waals surface area contributed by atoms with E-state index in [4.69, 9.17) is 0 Å². The van der Waals surface area contributed by atoms with Crippen LogP contribution < -0.4 is 0 Å². The summed E-state index contributed by atoms with van der Waals surface area (Å²) in [4.78, 5) is 6.77. The molecule has 0 spiro atoms. The standard InChI is InChI=1S/C12H20N2/c1-10(2)14(11(3)4)9-12-7-5-6-8-13-12/h5-8,10-11H,9H2,1-4H3. The van der Waals surface area contributed by atoms with Crippen molar-refractivity contribution in [3.8, 4) is 0 Å². The maximum absolute atomic E-state index is 4.34. The van der Waals surface area contributed by atoms with Crippen LogP contribution in [0.4, 0.5) is 0 Å². The van der Waals surface area contributed by atoms with Gasteiger partial charge in [-0.3, -0.25) is 9.88 Å². The number of hydrogen-bond donors (Lipinski definition) is 0. The third-order valence-electron chi connectivity index (χ3n) is 2.40. The predicted octanol–water partition coefficient (Wildman–Crippen LogP) is 2.70. The molecular weight excluding hydrogens is 172 g/mol. The molecule has 78 valence electrons. The van der Waals surface area contributed by atoms with Crippen molar-refractivity contribution in [1.29, 1.82) is 0 Å². The highest BCUT2D eigenvalue weighted by Crippen LogP contribution is 2.09. The van der Waals surface area contributed by atoms with Gasteiger partial charge in [0.05, 0.1) is 5.69 Å². The minimum Gasteiger partial charge on any atom is -0.293 e. The topological polar surface area (TPSA) is 16.1 Å². The van der Waals surface area contributed by atoms with Gasteiger partial charge in [0.25, 0.3) is 0 Å². The Kier molecular flexibility index (Phi) is 4.08. The van der Waals surface area contributed by atoms with Crippen LogP contribution in [0.5, 0.6) is 0 Å². The second-order valence-corrected chi connectivity index (χ2v) is 4.18. The molecule has 0 N–H and O–H groups in total. The van der Waals surface area contributed by atoms with Crippen molar-refractivity contribution in [3.63, 3.8) is 0 Å². The molecule has 1 aromatic rings. The summed E-state index contributed by atoms with van der Waals surface area (Å²) >= 11 is 0. The monoisotopic (exact) mass is 192 g/mol. The summed E-state index contributed by atoms with van der Waals surface area (Å²) < 4.78 is 0. The second kappa shape index (κ2) is 5.11. The van der Waals surface area contributed by atoms with E-state index in [1.165, 1.54) is 0 Å². The zero-order valence-electron chi connectivity index (χ0n) is 9.57. The molecule has 0 aliphatic rings. The summed E-state index contributed by atoms with van der Waals surface area (Å²) in [5.74, 6) is 0. The molecule has 0 saturated carbocycles. The minimum atomic E-state index is 0.567. The van der Waals surface area contributed by atoms with E-state index < -0.39 is 0 Å². The minimum absolute atomic E-state index is 0.567. The molecule has 0 atom stereocenters. The molecule has 0 aliphatic heterocycles. The molecule has 0 radical (unpaired) electrons. The Morgan fingerprint density at radius 1 is 1.14 bits per heavy atom. The van der Waals surface area contributed by atoms with Gasteiger partial charge in [0.15, 0.2) is 0 Å². The van der Waals surface area contributed by atoms with Crippen LogP contribution in [0.1, 0.15) is 33.4 Å². The molecule has 0 aromatic carbocycles. The summed E-state index contributed by atoms with van der Waals surface area (Å²) in [5, 5.41) is 0. The Bertz CT molecular complexity index is 246. The van der Waals surface area contributed by atoms with Gasteiger partial charge < -0.3 is 0 Å². The van der Waals surface area contributed by atoms with Crippen LogP contribution in [0.3, 0.4) is 0 Å². The summed E-state index contributed by atoms with van der Waals surface area (Å²) in [5.41, 5.74) is 1.15. The molecule has 0 unspecified atom stereocenters. The van der Waals surface area contributed by atoms with Gasteiger partial charge >= 0.3 is 0 Å². The van der Waals surface area contributed by atoms with Crippen molar-refractivity contribution in [2.24, 2.45) is 0 Å². The molecule has 14 heavy (non-hydrogen) atoms. The molecule has 2 nitrogen and oxygen atoms in total. The Morgan fingerprint density at radius 3 is 2.21 bits per heavy atom. The summed E-state index contributed by atoms with van der Waals surface area (Å²) in [6.07, 6.45) is 1.86. The highest BCUT2D eigenvalue weighted by Gasteiger charge is 2.13. The summed E-state index contributed by atoms with van der Waals surface area (Å²) in [6, 6.07) is 7.21. The van der Waals surface area contributed by atoms with Crippen LogP contribution in [0, 0.1) is 0 Å². The van der Waals surface area contributed by atoms with Gasteiger partial charge in [-0.2, -0.15) is 0 Å². The first-order chi connectivity index (χ1) is 6.61. The molecule has 1 rings (SSSR count). The fourth-order valence-electron chi connectivity index (χ4n) is 1.64. The van der Waals surface area contributed by atoms with Gasteiger partial charge in [-0.25, -0.2) is 0 Å². The van der Waals surface area contributed by atoms with Crippen molar-refractivity contribution >= 4 is 0 Å². The molecule has 2 heteroatoms. The molecule has 0 fully saturated rings. The summed E-state index contributed by atoms with van der Waals surface area (Å²) in [7, 11) is 0. The van der Waals surface area contributed by atoms with Crippen molar-refractivity contribution in [2.75, 3.05) is 0 Å². The number of rotatable bonds is 4. The SMILES string of the molecule is CC(C)N(Cc1ccccn1)C(C)C. The quantitative estimate of drug-likeness (QED) is 0.729. The van der Waals surface area contributed by atoms with Crippen LogP contribution in [0.2, 0.25) is 0 Å². The fraction of sp³-hybridized carbons (Fsp3) is 0.583. The lowest BCUT2D eigenvalue weighted by Crippen LogP contribution is -2.36. The largest absolute Gasteiger partial charge is 0.293 e.